The Morgan fingerprint density at radius 1 is 1.11 bits per heavy atom. The fourth-order valence-corrected chi connectivity index (χ4v) is 4.55. The van der Waals surface area contributed by atoms with E-state index in [9.17, 15) is 34.8 Å². The first kappa shape index (κ1) is 30.6. The van der Waals surface area contributed by atoms with Crippen LogP contribution in [0.3, 0.4) is 0 Å². The zero-order chi connectivity index (χ0) is 27.3. The summed E-state index contributed by atoms with van der Waals surface area (Å²) in [7, 11) is -12.8. The lowest BCUT2D eigenvalue weighted by molar-refractivity contribution is -0.118. The van der Waals surface area contributed by atoms with Gasteiger partial charge in [0, 0.05) is 12.1 Å². The molecule has 1 unspecified atom stereocenters. The van der Waals surface area contributed by atoms with E-state index >= 15 is 0 Å². The van der Waals surface area contributed by atoms with E-state index in [2.05, 4.69) is 9.44 Å². The first-order valence-corrected chi connectivity index (χ1v) is 14.6. The predicted octanol–water partition coefficient (Wildman–Crippen LogP) is 1.35. The van der Waals surface area contributed by atoms with Crippen LogP contribution in [0.25, 0.3) is 5.57 Å². The number of nitrogens with one attached hydrogen (secondary N) is 2. The van der Waals surface area contributed by atoms with E-state index in [1.165, 1.54) is 0 Å². The molecule has 17 heteroatoms. The van der Waals surface area contributed by atoms with Crippen molar-refractivity contribution in [2.75, 3.05) is 17.2 Å². The van der Waals surface area contributed by atoms with Gasteiger partial charge in [0.05, 0.1) is 18.1 Å². The molecule has 1 atom stereocenters. The molecule has 11 nitrogen and oxygen atoms in total. The van der Waals surface area contributed by atoms with Gasteiger partial charge in [-0.15, -0.1) is 0 Å². The standard InChI is InChI=1S/C17H23N3O5S2.CHF3O3S/c1-26(22,23)19-15-7-3-5-13(11-15)14-6-4-9-17(12-14,10-8-16(18)21)20-27(2,24)25;2-1(3,4)8(5,6)7/h3-7,9,11,19-20H,8,10,12H2,1-2H3,(H2,18,21);(H,5,6,7). The number of allylic oxidation sites excluding steroid dienone is 2. The Morgan fingerprint density at radius 2 is 1.69 bits per heavy atom. The zero-order valence-corrected chi connectivity index (χ0v) is 20.9. The maximum Gasteiger partial charge on any atom is 0.522 e. The molecule has 2 rings (SSSR count). The van der Waals surface area contributed by atoms with Gasteiger partial charge in [0.2, 0.25) is 26.0 Å². The molecule has 0 aromatic heterocycles. The van der Waals surface area contributed by atoms with E-state index in [0.29, 0.717) is 12.1 Å². The summed E-state index contributed by atoms with van der Waals surface area (Å²) in [6.07, 6.45) is 7.90. The molecular formula is C18H24F3N3O8S3. The largest absolute Gasteiger partial charge is 0.522 e. The van der Waals surface area contributed by atoms with Gasteiger partial charge in [-0.2, -0.15) is 21.6 Å². The lowest BCUT2D eigenvalue weighted by Gasteiger charge is -2.34. The summed E-state index contributed by atoms with van der Waals surface area (Å²) >= 11 is 0. The fraction of sp³-hybridized carbons (Fsp3) is 0.389. The van der Waals surface area contributed by atoms with Crippen molar-refractivity contribution >= 4 is 47.3 Å². The Bertz CT molecular complexity index is 1320. The molecule has 0 bridgehead atoms. The number of halogens is 3. The molecule has 1 aromatic rings. The third-order valence-corrected chi connectivity index (χ3v) is 6.22. The zero-order valence-electron chi connectivity index (χ0n) is 18.4. The van der Waals surface area contributed by atoms with Gasteiger partial charge in [0.25, 0.3) is 0 Å². The summed E-state index contributed by atoms with van der Waals surface area (Å²) < 4.78 is 109. The van der Waals surface area contributed by atoms with Crippen LogP contribution < -0.4 is 15.2 Å². The van der Waals surface area contributed by atoms with Crippen molar-refractivity contribution in [3.8, 4) is 0 Å². The van der Waals surface area contributed by atoms with E-state index in [0.717, 1.165) is 23.6 Å². The minimum Gasteiger partial charge on any atom is -0.370 e. The number of carbonyl (C=O) groups is 1. The average molecular weight is 564 g/mol. The number of benzene rings is 1. The second-order valence-corrected chi connectivity index (χ2v) is 12.5. The number of anilines is 1. The second-order valence-electron chi connectivity index (χ2n) is 7.60. The molecule has 0 spiro atoms. The Balaban J connectivity index is 0.000000658. The van der Waals surface area contributed by atoms with Crippen molar-refractivity contribution in [3.63, 3.8) is 0 Å². The van der Waals surface area contributed by atoms with Gasteiger partial charge < -0.3 is 5.73 Å². The Hall–Kier alpha value is -2.47. The summed E-state index contributed by atoms with van der Waals surface area (Å²) in [6, 6.07) is 6.80. The number of alkyl halides is 3. The molecule has 0 fully saturated rings. The lowest BCUT2D eigenvalue weighted by Crippen LogP contribution is -2.47. The number of primary amides is 1. The van der Waals surface area contributed by atoms with Crippen LogP contribution in [-0.2, 0) is 35.0 Å². The van der Waals surface area contributed by atoms with Crippen LogP contribution >= 0.6 is 0 Å². The van der Waals surface area contributed by atoms with Crippen LogP contribution in [0.1, 0.15) is 24.8 Å². The molecule has 0 saturated heterocycles. The summed E-state index contributed by atoms with van der Waals surface area (Å²) in [5.41, 5.74) is 0.673. The highest BCUT2D eigenvalue weighted by Crippen LogP contribution is 2.34. The van der Waals surface area contributed by atoms with Gasteiger partial charge in [-0.3, -0.25) is 14.1 Å². The predicted molar refractivity (Wildman–Crippen MR) is 123 cm³/mol. The molecular weight excluding hydrogens is 539 g/mol. The van der Waals surface area contributed by atoms with E-state index < -0.39 is 47.1 Å². The second kappa shape index (κ2) is 11.1. The van der Waals surface area contributed by atoms with Crippen LogP contribution in [-0.4, -0.2) is 59.3 Å². The van der Waals surface area contributed by atoms with E-state index in [4.69, 9.17) is 18.7 Å². The van der Waals surface area contributed by atoms with E-state index in [1.54, 1.807) is 36.4 Å². The van der Waals surface area contributed by atoms with Gasteiger partial charge in [-0.1, -0.05) is 30.4 Å². The molecule has 5 N–H and O–H groups in total. The molecule has 198 valence electrons. The van der Waals surface area contributed by atoms with Crippen molar-refractivity contribution in [2.45, 2.75) is 30.3 Å². The number of amides is 1. The van der Waals surface area contributed by atoms with E-state index in [1.807, 2.05) is 6.08 Å². The lowest BCUT2D eigenvalue weighted by atomic mass is 9.81. The Labute approximate surface area is 201 Å². The van der Waals surface area contributed by atoms with E-state index in [-0.39, 0.29) is 12.8 Å². The summed E-state index contributed by atoms with van der Waals surface area (Å²) in [4.78, 5) is 11.2. The Morgan fingerprint density at radius 3 is 2.14 bits per heavy atom. The highest BCUT2D eigenvalue weighted by atomic mass is 32.2. The number of nitrogens with two attached hydrogens (primary N) is 1. The van der Waals surface area contributed by atoms with Gasteiger partial charge in [0.15, 0.2) is 0 Å². The van der Waals surface area contributed by atoms with Crippen LogP contribution in [0.5, 0.6) is 0 Å². The first-order valence-electron chi connectivity index (χ1n) is 9.40. The highest BCUT2D eigenvalue weighted by molar-refractivity contribution is 7.92. The quantitative estimate of drug-likeness (QED) is 0.269. The number of hydrogen-bond donors (Lipinski definition) is 4. The molecule has 0 saturated carbocycles. The third kappa shape index (κ3) is 11.2. The van der Waals surface area contributed by atoms with Crippen LogP contribution in [0.15, 0.2) is 42.5 Å². The summed E-state index contributed by atoms with van der Waals surface area (Å²) in [5.74, 6) is -0.520. The molecule has 1 aliphatic carbocycles. The number of hydrogen-bond acceptors (Lipinski definition) is 7. The van der Waals surface area contributed by atoms with Crippen LogP contribution in [0, 0.1) is 0 Å². The summed E-state index contributed by atoms with van der Waals surface area (Å²) in [6.45, 7) is 0. The molecule has 0 aliphatic heterocycles. The van der Waals surface area contributed by atoms with Crippen molar-refractivity contribution in [3.05, 3.63) is 48.1 Å². The SMILES string of the molecule is CS(=O)(=O)Nc1cccc(C2=CC=CC(CCC(N)=O)(NS(C)(=O)=O)C2)c1.O=S(=O)(O)C(F)(F)F. The maximum absolute atomic E-state index is 11.8. The molecule has 1 aromatic carbocycles. The molecule has 1 amide bonds. The smallest absolute Gasteiger partial charge is 0.370 e. The van der Waals surface area contributed by atoms with Crippen LogP contribution in [0.2, 0.25) is 0 Å². The van der Waals surface area contributed by atoms with Gasteiger partial charge in [0.1, 0.15) is 0 Å². The molecule has 0 heterocycles. The summed E-state index contributed by atoms with van der Waals surface area (Å²) in [5, 5.41) is 0. The highest BCUT2D eigenvalue weighted by Gasteiger charge is 2.44. The molecule has 35 heavy (non-hydrogen) atoms. The van der Waals surface area contributed by atoms with Crippen LogP contribution in [0.4, 0.5) is 18.9 Å². The monoisotopic (exact) mass is 563 g/mol. The normalized spacial score (nSPS) is 18.7. The number of carbonyl (C=O) groups excluding carboxylic acids is 1. The van der Waals surface area contributed by atoms with Crippen molar-refractivity contribution < 1.29 is 47.8 Å². The number of rotatable bonds is 8. The average Bonchev–Trinajstić information content (AvgIpc) is 2.63. The van der Waals surface area contributed by atoms with Crippen molar-refractivity contribution in [2.24, 2.45) is 5.73 Å². The van der Waals surface area contributed by atoms with Gasteiger partial charge in [-0.25, -0.2) is 21.6 Å². The first-order chi connectivity index (χ1) is 15.6. The maximum atomic E-state index is 11.8. The fourth-order valence-electron chi connectivity index (χ4n) is 3.01. The minimum absolute atomic E-state index is 0.0236. The molecule has 0 radical (unpaired) electrons. The third-order valence-electron chi connectivity index (χ3n) is 4.25. The Kier molecular flexibility index (Phi) is 9.66. The van der Waals surface area contributed by atoms with Crippen molar-refractivity contribution in [1.29, 1.82) is 0 Å². The molecule has 1 aliphatic rings. The minimum atomic E-state index is -5.84. The number of sulfonamides is 2. The van der Waals surface area contributed by atoms with Gasteiger partial charge in [-0.05, 0) is 36.1 Å². The topological polar surface area (TPSA) is 190 Å². The van der Waals surface area contributed by atoms with Crippen molar-refractivity contribution in [1.82, 2.24) is 4.72 Å². The van der Waals surface area contributed by atoms with Gasteiger partial charge >= 0.3 is 15.6 Å².